The number of rotatable bonds is 2. The van der Waals surface area contributed by atoms with Gasteiger partial charge in [0.2, 0.25) is 5.91 Å². The fraction of sp³-hybridized carbons (Fsp3) is 0.316. The Balaban J connectivity index is 1.77. The molecule has 2 nitrogen and oxygen atoms in total. The third kappa shape index (κ3) is 1.62. The number of carbonyl (C=O) groups is 1. The molecule has 2 atom stereocenters. The van der Waals surface area contributed by atoms with Gasteiger partial charge in [-0.2, -0.15) is 0 Å². The van der Waals surface area contributed by atoms with Crippen molar-refractivity contribution < 1.29 is 4.79 Å². The van der Waals surface area contributed by atoms with Crippen molar-refractivity contribution in [1.82, 2.24) is 0 Å². The average Bonchev–Trinajstić information content (AvgIpc) is 2.81. The molecule has 0 unspecified atom stereocenters. The maximum absolute atomic E-state index is 12.5. The van der Waals surface area contributed by atoms with E-state index in [0.717, 1.165) is 12.1 Å². The van der Waals surface area contributed by atoms with Crippen molar-refractivity contribution in [1.29, 1.82) is 0 Å². The van der Waals surface area contributed by atoms with Gasteiger partial charge in [-0.15, -0.1) is 0 Å². The molecule has 2 aliphatic heterocycles. The van der Waals surface area contributed by atoms with E-state index in [4.69, 9.17) is 0 Å². The highest BCUT2D eigenvalue weighted by Crippen LogP contribution is 2.56. The largest absolute Gasteiger partial charge is 0.307 e. The first kappa shape index (κ1) is 12.6. The van der Waals surface area contributed by atoms with Gasteiger partial charge in [0.1, 0.15) is 0 Å². The summed E-state index contributed by atoms with van der Waals surface area (Å²) < 4.78 is 0. The Morgan fingerprint density at radius 3 is 2.43 bits per heavy atom. The van der Waals surface area contributed by atoms with E-state index >= 15 is 0 Å². The SMILES string of the molecule is CC1(C)C(=O)N2c3ccccc3[C@@H](Cc3ccccc3)[C@@H]21. The topological polar surface area (TPSA) is 20.3 Å². The van der Waals surface area contributed by atoms with Crippen LogP contribution in [0.3, 0.4) is 0 Å². The van der Waals surface area contributed by atoms with E-state index in [1.165, 1.54) is 11.1 Å². The quantitative estimate of drug-likeness (QED) is 0.765. The zero-order valence-corrected chi connectivity index (χ0v) is 12.4. The second-order valence-corrected chi connectivity index (χ2v) is 6.70. The van der Waals surface area contributed by atoms with E-state index in [2.05, 4.69) is 62.4 Å². The van der Waals surface area contributed by atoms with Crippen LogP contribution < -0.4 is 4.90 Å². The van der Waals surface area contributed by atoms with E-state index in [9.17, 15) is 4.79 Å². The molecule has 0 spiro atoms. The first-order chi connectivity index (χ1) is 10.1. The van der Waals surface area contributed by atoms with Crippen LogP contribution in [0.5, 0.6) is 0 Å². The van der Waals surface area contributed by atoms with Crippen LogP contribution in [0.4, 0.5) is 5.69 Å². The molecule has 0 saturated carbocycles. The maximum Gasteiger partial charge on any atom is 0.235 e. The van der Waals surface area contributed by atoms with Gasteiger partial charge in [0.15, 0.2) is 0 Å². The van der Waals surface area contributed by atoms with Crippen LogP contribution in [0.1, 0.15) is 30.9 Å². The molecule has 0 aliphatic carbocycles. The lowest BCUT2D eigenvalue weighted by Crippen LogP contribution is -2.66. The monoisotopic (exact) mass is 277 g/mol. The number of β-lactam (4-membered cyclic amide) rings is 1. The molecule has 2 aromatic rings. The minimum atomic E-state index is -0.252. The number of anilines is 1. The number of amides is 1. The lowest BCUT2D eigenvalue weighted by Gasteiger charge is -2.51. The molecule has 21 heavy (non-hydrogen) atoms. The third-order valence-electron chi connectivity index (χ3n) is 5.06. The second-order valence-electron chi connectivity index (χ2n) is 6.70. The first-order valence-corrected chi connectivity index (χ1v) is 7.57. The summed E-state index contributed by atoms with van der Waals surface area (Å²) in [6.07, 6.45) is 0.996. The fourth-order valence-corrected chi connectivity index (χ4v) is 4.04. The minimum absolute atomic E-state index is 0.252. The summed E-state index contributed by atoms with van der Waals surface area (Å²) in [5, 5.41) is 0. The number of benzene rings is 2. The second kappa shape index (κ2) is 4.20. The number of nitrogens with zero attached hydrogens (tertiary/aromatic N) is 1. The lowest BCUT2D eigenvalue weighted by molar-refractivity contribution is -0.137. The Morgan fingerprint density at radius 2 is 1.67 bits per heavy atom. The van der Waals surface area contributed by atoms with E-state index in [-0.39, 0.29) is 11.3 Å². The highest BCUT2D eigenvalue weighted by Gasteiger charge is 2.61. The van der Waals surface area contributed by atoms with Crippen LogP contribution in [0.2, 0.25) is 0 Å². The molecule has 1 fully saturated rings. The molecule has 1 saturated heterocycles. The number of carbonyl (C=O) groups excluding carboxylic acids is 1. The van der Waals surface area contributed by atoms with Gasteiger partial charge >= 0.3 is 0 Å². The number of hydrogen-bond acceptors (Lipinski definition) is 1. The Bertz CT molecular complexity index is 705. The van der Waals surface area contributed by atoms with Crippen molar-refractivity contribution in [2.75, 3.05) is 4.90 Å². The Kier molecular flexibility index (Phi) is 2.53. The molecule has 0 bridgehead atoms. The Morgan fingerprint density at radius 1 is 1.00 bits per heavy atom. The summed E-state index contributed by atoms with van der Waals surface area (Å²) in [6.45, 7) is 4.17. The van der Waals surface area contributed by atoms with Crippen LogP contribution in [-0.2, 0) is 11.2 Å². The van der Waals surface area contributed by atoms with Gasteiger partial charge < -0.3 is 4.90 Å². The van der Waals surface area contributed by atoms with Crippen LogP contribution >= 0.6 is 0 Å². The molecule has 4 rings (SSSR count). The molecule has 2 aromatic carbocycles. The van der Waals surface area contributed by atoms with Gasteiger partial charge in [0.05, 0.1) is 11.5 Å². The molecule has 2 heteroatoms. The molecule has 0 N–H and O–H groups in total. The molecule has 2 aliphatic rings. The molecular weight excluding hydrogens is 258 g/mol. The average molecular weight is 277 g/mol. The van der Waals surface area contributed by atoms with Crippen molar-refractivity contribution in [2.45, 2.75) is 32.2 Å². The number of hydrogen-bond donors (Lipinski definition) is 0. The molecule has 0 radical (unpaired) electrons. The summed E-state index contributed by atoms with van der Waals surface area (Å²) in [5.74, 6) is 0.659. The van der Waals surface area contributed by atoms with Crippen molar-refractivity contribution in [3.8, 4) is 0 Å². The lowest BCUT2D eigenvalue weighted by atomic mass is 9.68. The van der Waals surface area contributed by atoms with E-state index in [0.29, 0.717) is 12.0 Å². The highest BCUT2D eigenvalue weighted by molar-refractivity contribution is 6.08. The molecule has 106 valence electrons. The Hall–Kier alpha value is -2.09. The number of para-hydroxylation sites is 1. The Labute approximate surface area is 125 Å². The fourth-order valence-electron chi connectivity index (χ4n) is 4.04. The van der Waals surface area contributed by atoms with Crippen LogP contribution in [-0.4, -0.2) is 11.9 Å². The predicted molar refractivity (Wildman–Crippen MR) is 84.4 cm³/mol. The molecule has 2 heterocycles. The van der Waals surface area contributed by atoms with Crippen molar-refractivity contribution in [3.05, 3.63) is 65.7 Å². The van der Waals surface area contributed by atoms with Gasteiger partial charge in [-0.3, -0.25) is 4.79 Å². The van der Waals surface area contributed by atoms with E-state index < -0.39 is 0 Å². The zero-order chi connectivity index (χ0) is 14.6. The van der Waals surface area contributed by atoms with E-state index in [1.54, 1.807) is 0 Å². The summed E-state index contributed by atoms with van der Waals surface area (Å²) >= 11 is 0. The van der Waals surface area contributed by atoms with Crippen molar-refractivity contribution in [2.24, 2.45) is 5.41 Å². The van der Waals surface area contributed by atoms with Crippen molar-refractivity contribution in [3.63, 3.8) is 0 Å². The van der Waals surface area contributed by atoms with Gasteiger partial charge in [-0.05, 0) is 37.5 Å². The predicted octanol–water partition coefficient (Wildman–Crippen LogP) is 3.77. The summed E-state index contributed by atoms with van der Waals surface area (Å²) in [4.78, 5) is 14.5. The summed E-state index contributed by atoms with van der Waals surface area (Å²) in [5.41, 5.74) is 3.53. The van der Waals surface area contributed by atoms with Crippen LogP contribution in [0.15, 0.2) is 54.6 Å². The van der Waals surface area contributed by atoms with Gasteiger partial charge in [-0.25, -0.2) is 0 Å². The molecular formula is C19H19NO. The van der Waals surface area contributed by atoms with Gasteiger partial charge in [0, 0.05) is 11.6 Å². The normalized spacial score (nSPS) is 25.2. The van der Waals surface area contributed by atoms with Crippen LogP contribution in [0.25, 0.3) is 0 Å². The summed E-state index contributed by atoms with van der Waals surface area (Å²) in [7, 11) is 0. The highest BCUT2D eigenvalue weighted by atomic mass is 16.2. The summed E-state index contributed by atoms with van der Waals surface area (Å²) in [6, 6.07) is 19.3. The standard InChI is InChI=1S/C19H19NO/c1-19(2)17-15(12-13-8-4-3-5-9-13)14-10-6-7-11-16(14)20(17)18(19)21/h3-11,15,17H,12H2,1-2H3/t15-,17-/m1/s1. The molecule has 0 aromatic heterocycles. The maximum atomic E-state index is 12.5. The van der Waals surface area contributed by atoms with Crippen molar-refractivity contribution >= 4 is 11.6 Å². The number of fused-ring (bicyclic) bond motifs is 3. The van der Waals surface area contributed by atoms with Crippen LogP contribution in [0, 0.1) is 5.41 Å². The zero-order valence-electron chi connectivity index (χ0n) is 12.4. The molecule has 1 amide bonds. The third-order valence-corrected chi connectivity index (χ3v) is 5.06. The smallest absolute Gasteiger partial charge is 0.235 e. The van der Waals surface area contributed by atoms with Gasteiger partial charge in [-0.1, -0.05) is 48.5 Å². The van der Waals surface area contributed by atoms with E-state index in [1.807, 2.05) is 11.0 Å². The first-order valence-electron chi connectivity index (χ1n) is 7.57. The van der Waals surface area contributed by atoms with Gasteiger partial charge in [0.25, 0.3) is 0 Å². The minimum Gasteiger partial charge on any atom is -0.307 e.